The fourth-order valence-electron chi connectivity index (χ4n) is 4.33. The van der Waals surface area contributed by atoms with Crippen LogP contribution in [-0.4, -0.2) is 62.7 Å². The number of likely N-dealkylation sites (tertiary alicyclic amines) is 1. The first-order chi connectivity index (χ1) is 9.63. The second-order valence-corrected chi connectivity index (χ2v) is 7.24. The van der Waals surface area contributed by atoms with E-state index in [2.05, 4.69) is 43.2 Å². The van der Waals surface area contributed by atoms with Crippen LogP contribution < -0.4 is 5.32 Å². The normalized spacial score (nSPS) is 36.5. The monoisotopic (exact) mass is 281 g/mol. The molecule has 4 unspecified atom stereocenters. The van der Waals surface area contributed by atoms with E-state index in [9.17, 15) is 0 Å². The van der Waals surface area contributed by atoms with Crippen LogP contribution in [0.15, 0.2) is 0 Å². The Balaban J connectivity index is 1.88. The summed E-state index contributed by atoms with van der Waals surface area (Å²) >= 11 is 0. The average Bonchev–Trinajstić information content (AvgIpc) is 2.47. The molecule has 3 heteroatoms. The summed E-state index contributed by atoms with van der Waals surface area (Å²) in [7, 11) is 6.77. The van der Waals surface area contributed by atoms with Crippen LogP contribution in [0.3, 0.4) is 0 Å². The molecule has 2 aliphatic rings. The van der Waals surface area contributed by atoms with Gasteiger partial charge in [0.05, 0.1) is 0 Å². The fourth-order valence-corrected chi connectivity index (χ4v) is 4.33. The summed E-state index contributed by atoms with van der Waals surface area (Å²) in [6.07, 6.45) is 8.34. The summed E-state index contributed by atoms with van der Waals surface area (Å²) in [5.41, 5.74) is 0. The Bertz CT molecular complexity index is 281. The predicted molar refractivity (Wildman–Crippen MR) is 87.1 cm³/mol. The third kappa shape index (κ3) is 4.19. The molecule has 1 aliphatic heterocycles. The molecule has 1 saturated heterocycles. The van der Waals surface area contributed by atoms with Gasteiger partial charge in [-0.2, -0.15) is 0 Å². The number of nitrogens with zero attached hydrogens (tertiary/aromatic N) is 2. The lowest BCUT2D eigenvalue weighted by Gasteiger charge is -2.42. The summed E-state index contributed by atoms with van der Waals surface area (Å²) in [4.78, 5) is 5.15. The molecule has 1 aliphatic carbocycles. The summed E-state index contributed by atoms with van der Waals surface area (Å²) < 4.78 is 0. The Kier molecular flexibility index (Phi) is 6.31. The zero-order chi connectivity index (χ0) is 14.5. The average molecular weight is 281 g/mol. The van der Waals surface area contributed by atoms with Crippen molar-refractivity contribution in [3.05, 3.63) is 0 Å². The Hall–Kier alpha value is -0.120. The zero-order valence-corrected chi connectivity index (χ0v) is 14.1. The van der Waals surface area contributed by atoms with Crippen LogP contribution in [-0.2, 0) is 0 Å². The van der Waals surface area contributed by atoms with Crippen LogP contribution in [0.25, 0.3) is 0 Å². The van der Waals surface area contributed by atoms with Gasteiger partial charge in [0.2, 0.25) is 0 Å². The third-order valence-electron chi connectivity index (χ3n) is 5.78. The van der Waals surface area contributed by atoms with Crippen molar-refractivity contribution < 1.29 is 0 Å². The van der Waals surface area contributed by atoms with Gasteiger partial charge in [-0.15, -0.1) is 0 Å². The molecule has 0 bridgehead atoms. The van der Waals surface area contributed by atoms with Crippen LogP contribution in [0.4, 0.5) is 0 Å². The maximum atomic E-state index is 3.58. The Morgan fingerprint density at radius 3 is 2.70 bits per heavy atom. The van der Waals surface area contributed by atoms with E-state index >= 15 is 0 Å². The van der Waals surface area contributed by atoms with Gasteiger partial charge < -0.3 is 15.1 Å². The van der Waals surface area contributed by atoms with Crippen molar-refractivity contribution in [3.63, 3.8) is 0 Å². The van der Waals surface area contributed by atoms with Crippen molar-refractivity contribution in [1.82, 2.24) is 15.1 Å². The smallest absolute Gasteiger partial charge is 0.0220 e. The highest BCUT2D eigenvalue weighted by Crippen LogP contribution is 2.32. The summed E-state index contributed by atoms with van der Waals surface area (Å²) in [5, 5.41) is 3.58. The van der Waals surface area contributed by atoms with Gasteiger partial charge >= 0.3 is 0 Å². The van der Waals surface area contributed by atoms with Crippen LogP contribution >= 0.6 is 0 Å². The number of hydrogen-bond donors (Lipinski definition) is 1. The topological polar surface area (TPSA) is 18.5 Å². The molecule has 0 radical (unpaired) electrons. The molecule has 1 N–H and O–H groups in total. The van der Waals surface area contributed by atoms with Gasteiger partial charge in [-0.25, -0.2) is 0 Å². The SMILES string of the molecule is CCC1CCC(NC)C(CN(C)C2CCCN(C)C2)C1. The lowest BCUT2D eigenvalue weighted by Crippen LogP contribution is -2.50. The van der Waals surface area contributed by atoms with Gasteiger partial charge in [0.1, 0.15) is 0 Å². The van der Waals surface area contributed by atoms with E-state index in [1.54, 1.807) is 0 Å². The largest absolute Gasteiger partial charge is 0.317 e. The van der Waals surface area contributed by atoms with Crippen molar-refractivity contribution in [2.75, 3.05) is 40.8 Å². The molecule has 2 rings (SSSR count). The maximum Gasteiger partial charge on any atom is 0.0220 e. The van der Waals surface area contributed by atoms with Crippen molar-refractivity contribution in [1.29, 1.82) is 0 Å². The minimum Gasteiger partial charge on any atom is -0.317 e. The number of likely N-dealkylation sites (N-methyl/N-ethyl adjacent to an activating group) is 2. The second-order valence-electron chi connectivity index (χ2n) is 7.24. The predicted octanol–water partition coefficient (Wildman–Crippen LogP) is 2.43. The van der Waals surface area contributed by atoms with Crippen LogP contribution in [0.1, 0.15) is 45.4 Å². The lowest BCUT2D eigenvalue weighted by molar-refractivity contribution is 0.0917. The highest BCUT2D eigenvalue weighted by Gasteiger charge is 2.31. The van der Waals surface area contributed by atoms with Crippen LogP contribution in [0.2, 0.25) is 0 Å². The molecule has 2 fully saturated rings. The number of nitrogens with one attached hydrogen (secondary N) is 1. The van der Waals surface area contributed by atoms with E-state index in [1.807, 2.05) is 0 Å². The second kappa shape index (κ2) is 7.77. The maximum absolute atomic E-state index is 3.58. The van der Waals surface area contributed by atoms with Crippen molar-refractivity contribution in [2.45, 2.75) is 57.5 Å². The number of rotatable bonds is 5. The Labute approximate surface area is 126 Å². The van der Waals surface area contributed by atoms with Crippen molar-refractivity contribution in [3.8, 4) is 0 Å². The molecule has 0 amide bonds. The van der Waals surface area contributed by atoms with Crippen LogP contribution in [0.5, 0.6) is 0 Å². The summed E-state index contributed by atoms with van der Waals surface area (Å²) in [6.45, 7) is 6.18. The summed E-state index contributed by atoms with van der Waals surface area (Å²) in [6, 6.07) is 1.51. The van der Waals surface area contributed by atoms with Gasteiger partial charge in [-0.3, -0.25) is 0 Å². The van der Waals surface area contributed by atoms with Crippen LogP contribution in [0, 0.1) is 11.8 Å². The zero-order valence-electron chi connectivity index (χ0n) is 14.1. The molecule has 118 valence electrons. The van der Waals surface area contributed by atoms with E-state index < -0.39 is 0 Å². The van der Waals surface area contributed by atoms with E-state index in [0.29, 0.717) is 0 Å². The molecule has 1 heterocycles. The van der Waals surface area contributed by atoms with E-state index in [1.165, 1.54) is 58.2 Å². The molecule has 0 aromatic heterocycles. The van der Waals surface area contributed by atoms with Gasteiger partial charge in [-0.1, -0.05) is 13.3 Å². The first-order valence-corrected chi connectivity index (χ1v) is 8.70. The van der Waals surface area contributed by atoms with Crippen molar-refractivity contribution in [2.24, 2.45) is 11.8 Å². The van der Waals surface area contributed by atoms with Gasteiger partial charge in [0.15, 0.2) is 0 Å². The Morgan fingerprint density at radius 2 is 2.05 bits per heavy atom. The summed E-state index contributed by atoms with van der Waals surface area (Å²) in [5.74, 6) is 1.81. The molecule has 4 atom stereocenters. The molecule has 0 aromatic carbocycles. The highest BCUT2D eigenvalue weighted by atomic mass is 15.2. The number of hydrogen-bond acceptors (Lipinski definition) is 3. The molecule has 3 nitrogen and oxygen atoms in total. The lowest BCUT2D eigenvalue weighted by atomic mass is 9.76. The first kappa shape index (κ1) is 16.3. The van der Waals surface area contributed by atoms with E-state index in [-0.39, 0.29) is 0 Å². The quantitative estimate of drug-likeness (QED) is 0.835. The van der Waals surface area contributed by atoms with Gasteiger partial charge in [0.25, 0.3) is 0 Å². The van der Waals surface area contributed by atoms with Crippen molar-refractivity contribution >= 4 is 0 Å². The molecule has 1 saturated carbocycles. The van der Waals surface area contributed by atoms with Gasteiger partial charge in [-0.05, 0) is 71.6 Å². The van der Waals surface area contributed by atoms with Gasteiger partial charge in [0, 0.05) is 25.2 Å². The third-order valence-corrected chi connectivity index (χ3v) is 5.78. The molecule has 20 heavy (non-hydrogen) atoms. The molecule has 0 spiro atoms. The van der Waals surface area contributed by atoms with E-state index in [0.717, 1.165) is 23.9 Å². The van der Waals surface area contributed by atoms with E-state index in [4.69, 9.17) is 0 Å². The minimum absolute atomic E-state index is 0.738. The fraction of sp³-hybridized carbons (Fsp3) is 1.00. The Morgan fingerprint density at radius 1 is 1.25 bits per heavy atom. The molecular weight excluding hydrogens is 246 g/mol. The molecular formula is C17H35N3. The standard InChI is InChI=1S/C17H35N3/c1-5-14-8-9-17(18-2)15(11-14)12-20(4)16-7-6-10-19(3)13-16/h14-18H,5-13H2,1-4H3. The highest BCUT2D eigenvalue weighted by molar-refractivity contribution is 4.87. The first-order valence-electron chi connectivity index (χ1n) is 8.70. The minimum atomic E-state index is 0.738. The number of piperidine rings is 1. The molecule has 0 aromatic rings.